The van der Waals surface area contributed by atoms with Gasteiger partial charge in [-0.15, -0.1) is 11.3 Å². The van der Waals surface area contributed by atoms with E-state index in [1.165, 1.54) is 16.6 Å². The number of aryl methyl sites for hydroxylation is 5. The lowest BCUT2D eigenvalue weighted by molar-refractivity contribution is -0.122. The van der Waals surface area contributed by atoms with Crippen LogP contribution >= 0.6 is 23.1 Å². The second kappa shape index (κ2) is 11.6. The first-order valence-electron chi connectivity index (χ1n) is 13.5. The van der Waals surface area contributed by atoms with Crippen molar-refractivity contribution in [3.63, 3.8) is 0 Å². The lowest BCUT2D eigenvalue weighted by Crippen LogP contribution is -2.34. The molecule has 1 atom stereocenters. The lowest BCUT2D eigenvalue weighted by Gasteiger charge is -2.18. The number of amides is 2. The molecule has 40 heavy (non-hydrogen) atoms. The number of hydrogen-bond donors (Lipinski definition) is 2. The molecule has 2 amide bonds. The zero-order valence-corrected chi connectivity index (χ0v) is 25.1. The molecule has 0 saturated carbocycles. The summed E-state index contributed by atoms with van der Waals surface area (Å²) in [5, 5.41) is 6.78. The summed E-state index contributed by atoms with van der Waals surface area (Å²) in [4.78, 5) is 46.3. The van der Waals surface area contributed by atoms with Gasteiger partial charge in [0.2, 0.25) is 11.8 Å². The van der Waals surface area contributed by atoms with Crippen molar-refractivity contribution in [1.29, 1.82) is 0 Å². The van der Waals surface area contributed by atoms with Crippen molar-refractivity contribution >= 4 is 50.8 Å². The Morgan fingerprint density at radius 3 is 2.58 bits per heavy atom. The maximum absolute atomic E-state index is 14.1. The van der Waals surface area contributed by atoms with E-state index in [1.54, 1.807) is 15.9 Å². The molecule has 2 aromatic carbocycles. The second-order valence-corrected chi connectivity index (χ2v) is 12.8. The molecule has 208 valence electrons. The Balaban J connectivity index is 1.39. The first-order chi connectivity index (χ1) is 19.1. The monoisotopic (exact) mass is 574 g/mol. The lowest BCUT2D eigenvalue weighted by atomic mass is 9.89. The van der Waals surface area contributed by atoms with Gasteiger partial charge in [-0.1, -0.05) is 49.0 Å². The molecule has 2 N–H and O–H groups in total. The molecule has 9 heteroatoms. The highest BCUT2D eigenvalue weighted by molar-refractivity contribution is 7.99. The Kier molecular flexibility index (Phi) is 8.14. The Labute approximate surface area is 242 Å². The van der Waals surface area contributed by atoms with E-state index in [0.29, 0.717) is 16.5 Å². The Hall–Kier alpha value is -3.43. The van der Waals surface area contributed by atoms with Crippen molar-refractivity contribution in [3.05, 3.63) is 79.4 Å². The molecule has 0 spiro atoms. The fraction of sp³-hybridized carbons (Fsp3) is 0.355. The van der Waals surface area contributed by atoms with Crippen molar-refractivity contribution < 1.29 is 9.59 Å². The fourth-order valence-electron chi connectivity index (χ4n) is 5.20. The molecule has 5 rings (SSSR count). The van der Waals surface area contributed by atoms with Crippen LogP contribution in [0.25, 0.3) is 15.9 Å². The zero-order chi connectivity index (χ0) is 28.6. The molecule has 7 nitrogen and oxygen atoms in total. The Morgan fingerprint density at radius 1 is 1.07 bits per heavy atom. The topological polar surface area (TPSA) is 93.1 Å². The van der Waals surface area contributed by atoms with Gasteiger partial charge in [0.25, 0.3) is 5.56 Å². The van der Waals surface area contributed by atoms with Crippen LogP contribution in [-0.2, 0) is 22.4 Å². The summed E-state index contributed by atoms with van der Waals surface area (Å²) in [5.41, 5.74) is 6.52. The van der Waals surface area contributed by atoms with Crippen LogP contribution in [0.15, 0.2) is 46.3 Å². The number of carbonyl (C=O) groups excluding carboxylic acids is 2. The molecule has 0 saturated heterocycles. The minimum absolute atomic E-state index is 0.0294. The molecule has 0 fully saturated rings. The van der Waals surface area contributed by atoms with E-state index in [9.17, 15) is 14.4 Å². The number of benzene rings is 2. The summed E-state index contributed by atoms with van der Waals surface area (Å²) < 4.78 is 1.67. The van der Waals surface area contributed by atoms with E-state index in [-0.39, 0.29) is 29.7 Å². The van der Waals surface area contributed by atoms with Crippen LogP contribution in [0, 0.1) is 33.6 Å². The van der Waals surface area contributed by atoms with Crippen LogP contribution in [0.1, 0.15) is 46.0 Å². The first-order valence-corrected chi connectivity index (χ1v) is 15.3. The van der Waals surface area contributed by atoms with Gasteiger partial charge >= 0.3 is 0 Å². The average Bonchev–Trinajstić information content (AvgIpc) is 3.27. The van der Waals surface area contributed by atoms with E-state index in [0.717, 1.165) is 63.3 Å². The van der Waals surface area contributed by atoms with Gasteiger partial charge in [0, 0.05) is 10.6 Å². The van der Waals surface area contributed by atoms with Crippen molar-refractivity contribution in [3.8, 4) is 5.69 Å². The Morgan fingerprint density at radius 2 is 1.82 bits per heavy atom. The second-order valence-electron chi connectivity index (χ2n) is 10.7. The number of thiophene rings is 1. The van der Waals surface area contributed by atoms with Crippen molar-refractivity contribution in [1.82, 2.24) is 14.9 Å². The maximum Gasteiger partial charge on any atom is 0.267 e. The molecule has 1 aliphatic carbocycles. The number of hydrogen-bond acceptors (Lipinski definition) is 6. The van der Waals surface area contributed by atoms with E-state index >= 15 is 0 Å². The predicted octanol–water partition coefficient (Wildman–Crippen LogP) is 5.65. The number of fused-ring (bicyclic) bond motifs is 3. The number of nitrogens with one attached hydrogen (secondary N) is 2. The summed E-state index contributed by atoms with van der Waals surface area (Å²) in [6.07, 6.45) is 2.92. The molecule has 0 bridgehead atoms. The van der Waals surface area contributed by atoms with Crippen molar-refractivity contribution in [2.75, 3.05) is 17.6 Å². The third-order valence-corrected chi connectivity index (χ3v) is 9.51. The van der Waals surface area contributed by atoms with Crippen molar-refractivity contribution in [2.45, 2.75) is 59.0 Å². The van der Waals surface area contributed by atoms with Gasteiger partial charge in [-0.05, 0) is 86.8 Å². The van der Waals surface area contributed by atoms with Gasteiger partial charge in [0.05, 0.1) is 23.4 Å². The van der Waals surface area contributed by atoms with E-state index in [1.807, 2.05) is 64.1 Å². The number of nitrogens with zero attached hydrogens (tertiary/aromatic N) is 2. The average molecular weight is 575 g/mol. The highest BCUT2D eigenvalue weighted by Crippen LogP contribution is 2.37. The maximum atomic E-state index is 14.1. The molecule has 1 aliphatic rings. The summed E-state index contributed by atoms with van der Waals surface area (Å²) in [6, 6.07) is 11.8. The molecule has 1 unspecified atom stereocenters. The number of thioether (sulfide) groups is 1. The minimum Gasteiger partial charge on any atom is -0.346 e. The molecule has 0 radical (unpaired) electrons. The summed E-state index contributed by atoms with van der Waals surface area (Å²) >= 11 is 2.82. The molecule has 0 aliphatic heterocycles. The molecule has 4 aromatic rings. The summed E-state index contributed by atoms with van der Waals surface area (Å²) in [7, 11) is 0. The Bertz CT molecular complexity index is 1670. The van der Waals surface area contributed by atoms with E-state index in [4.69, 9.17) is 4.98 Å². The van der Waals surface area contributed by atoms with Crippen LogP contribution in [0.3, 0.4) is 0 Å². The largest absolute Gasteiger partial charge is 0.346 e. The molecular formula is C31H34N4O3S2. The highest BCUT2D eigenvalue weighted by Gasteiger charge is 2.26. The minimum atomic E-state index is -0.303. The standard InChI is InChI=1S/C31H34N4O3S2/c1-17-9-11-19(3)23(13-17)35-30(38)27-22-12-10-18(2)14-24(22)40-29(27)34-31(35)39-16-26(37)32-15-25(36)33-28-20(4)7-6-8-21(28)5/h6-9,11,13,18H,10,12,14-16H2,1-5H3,(H,32,37)(H,33,36). The van der Waals surface area contributed by atoms with Crippen LogP contribution in [0.4, 0.5) is 5.69 Å². The quantitative estimate of drug-likeness (QED) is 0.220. The van der Waals surface area contributed by atoms with Gasteiger partial charge in [-0.2, -0.15) is 0 Å². The smallest absolute Gasteiger partial charge is 0.267 e. The fourth-order valence-corrected chi connectivity index (χ4v) is 7.46. The van der Waals surface area contributed by atoms with E-state index in [2.05, 4.69) is 17.6 Å². The normalized spacial score (nSPS) is 14.7. The van der Waals surface area contributed by atoms with Crippen LogP contribution in [0.2, 0.25) is 0 Å². The van der Waals surface area contributed by atoms with Crippen LogP contribution in [-0.4, -0.2) is 33.7 Å². The van der Waals surface area contributed by atoms with E-state index < -0.39 is 0 Å². The first kappa shape index (κ1) is 28.1. The third kappa shape index (κ3) is 5.71. The van der Waals surface area contributed by atoms with Gasteiger partial charge in [0.1, 0.15) is 4.83 Å². The van der Waals surface area contributed by atoms with Gasteiger partial charge in [0.15, 0.2) is 5.16 Å². The molecule has 2 aromatic heterocycles. The summed E-state index contributed by atoms with van der Waals surface area (Å²) in [5.74, 6) is 0.0248. The highest BCUT2D eigenvalue weighted by atomic mass is 32.2. The van der Waals surface area contributed by atoms with Crippen molar-refractivity contribution in [2.24, 2.45) is 5.92 Å². The number of anilines is 1. The van der Waals surface area contributed by atoms with Gasteiger partial charge in [-0.25, -0.2) is 4.98 Å². The SMILES string of the molecule is Cc1ccc(C)c(-n2c(SCC(=O)NCC(=O)Nc3c(C)cccc3C)nc3sc4c(c3c2=O)CCC(C)C4)c1. The molecule has 2 heterocycles. The van der Waals surface area contributed by atoms with Gasteiger partial charge < -0.3 is 10.6 Å². The third-order valence-electron chi connectivity index (χ3n) is 7.43. The number of rotatable bonds is 7. The number of aromatic nitrogens is 2. The van der Waals surface area contributed by atoms with Gasteiger partial charge in [-0.3, -0.25) is 19.0 Å². The predicted molar refractivity (Wildman–Crippen MR) is 164 cm³/mol. The van der Waals surface area contributed by atoms with Crippen LogP contribution in [0.5, 0.6) is 0 Å². The molecular weight excluding hydrogens is 541 g/mol. The summed E-state index contributed by atoms with van der Waals surface area (Å²) in [6.45, 7) is 9.95. The number of para-hydroxylation sites is 1. The van der Waals surface area contributed by atoms with Crippen LogP contribution < -0.4 is 16.2 Å². The zero-order valence-electron chi connectivity index (χ0n) is 23.5. The number of carbonyl (C=O) groups is 2.